The van der Waals surface area contributed by atoms with E-state index in [1.54, 1.807) is 6.07 Å². The van der Waals surface area contributed by atoms with Gasteiger partial charge in [-0.05, 0) is 37.4 Å². The Balaban J connectivity index is 2.31. The van der Waals surface area contributed by atoms with E-state index in [1.807, 2.05) is 34.9 Å². The summed E-state index contributed by atoms with van der Waals surface area (Å²) in [6.45, 7) is 5.95. The van der Waals surface area contributed by atoms with Crippen LogP contribution in [-0.2, 0) is 6.54 Å². The van der Waals surface area contributed by atoms with Gasteiger partial charge in [0.1, 0.15) is 0 Å². The monoisotopic (exact) mass is 244 g/mol. The van der Waals surface area contributed by atoms with Gasteiger partial charge < -0.3 is 9.88 Å². The van der Waals surface area contributed by atoms with Crippen molar-refractivity contribution in [2.24, 2.45) is 0 Å². The molecule has 1 aromatic carbocycles. The van der Waals surface area contributed by atoms with Crippen LogP contribution in [0.3, 0.4) is 0 Å². The minimum atomic E-state index is 0.0684. The zero-order valence-corrected chi connectivity index (χ0v) is 11.0. The molecule has 0 aliphatic carbocycles. The Morgan fingerprint density at radius 2 is 2.00 bits per heavy atom. The predicted octanol–water partition coefficient (Wildman–Crippen LogP) is 2.39. The van der Waals surface area contributed by atoms with E-state index in [0.717, 1.165) is 23.9 Å². The molecule has 3 nitrogen and oxygen atoms in total. The highest BCUT2D eigenvalue weighted by atomic mass is 16.1. The molecule has 1 unspecified atom stereocenters. The molecule has 0 aliphatic rings. The Morgan fingerprint density at radius 1 is 1.22 bits per heavy atom. The second-order valence-electron chi connectivity index (χ2n) is 4.70. The zero-order chi connectivity index (χ0) is 13.0. The van der Waals surface area contributed by atoms with Crippen molar-refractivity contribution in [2.45, 2.75) is 32.9 Å². The summed E-state index contributed by atoms with van der Waals surface area (Å²) in [5, 5.41) is 4.52. The molecule has 2 aromatic rings. The molecule has 0 bridgehead atoms. The lowest BCUT2D eigenvalue weighted by Crippen LogP contribution is -2.34. The van der Waals surface area contributed by atoms with Gasteiger partial charge in [-0.3, -0.25) is 4.79 Å². The van der Waals surface area contributed by atoms with Gasteiger partial charge in [-0.2, -0.15) is 0 Å². The highest BCUT2D eigenvalue weighted by Crippen LogP contribution is 2.11. The smallest absolute Gasteiger partial charge is 0.251 e. The van der Waals surface area contributed by atoms with Crippen LogP contribution in [0.5, 0.6) is 0 Å². The number of rotatable bonds is 5. The van der Waals surface area contributed by atoms with Crippen LogP contribution in [0.15, 0.2) is 41.2 Å². The van der Waals surface area contributed by atoms with E-state index in [1.165, 1.54) is 0 Å². The summed E-state index contributed by atoms with van der Waals surface area (Å²) in [6, 6.07) is 11.8. The van der Waals surface area contributed by atoms with Gasteiger partial charge in [0.25, 0.3) is 5.56 Å². The lowest BCUT2D eigenvalue weighted by atomic mass is 10.2. The van der Waals surface area contributed by atoms with Crippen molar-refractivity contribution in [3.63, 3.8) is 0 Å². The molecule has 2 rings (SSSR count). The summed E-state index contributed by atoms with van der Waals surface area (Å²) < 4.78 is 1.85. The van der Waals surface area contributed by atoms with Gasteiger partial charge in [-0.15, -0.1) is 0 Å². The summed E-state index contributed by atoms with van der Waals surface area (Å²) in [5.74, 6) is 0. The average Bonchev–Trinajstić information content (AvgIpc) is 2.40. The summed E-state index contributed by atoms with van der Waals surface area (Å²) >= 11 is 0. The first-order chi connectivity index (χ1) is 8.72. The molecule has 0 spiro atoms. The Morgan fingerprint density at radius 3 is 2.78 bits per heavy atom. The van der Waals surface area contributed by atoms with Gasteiger partial charge in [0.2, 0.25) is 0 Å². The normalized spacial score (nSPS) is 12.8. The van der Waals surface area contributed by atoms with Gasteiger partial charge in [0, 0.05) is 18.7 Å². The quantitative estimate of drug-likeness (QED) is 0.876. The van der Waals surface area contributed by atoms with Gasteiger partial charge >= 0.3 is 0 Å². The first kappa shape index (κ1) is 12.8. The number of fused-ring (bicyclic) bond motifs is 1. The minimum Gasteiger partial charge on any atom is -0.312 e. The molecule has 1 heterocycles. The Bertz CT molecular complexity index is 574. The van der Waals surface area contributed by atoms with Gasteiger partial charge in [-0.1, -0.05) is 25.1 Å². The van der Waals surface area contributed by atoms with E-state index in [9.17, 15) is 4.79 Å². The van der Waals surface area contributed by atoms with Crippen LogP contribution in [-0.4, -0.2) is 17.2 Å². The topological polar surface area (TPSA) is 34.0 Å². The molecule has 0 saturated heterocycles. The number of nitrogens with zero attached hydrogens (tertiary/aromatic N) is 1. The van der Waals surface area contributed by atoms with Crippen molar-refractivity contribution in [1.82, 2.24) is 9.88 Å². The van der Waals surface area contributed by atoms with Crippen molar-refractivity contribution >= 4 is 10.9 Å². The van der Waals surface area contributed by atoms with E-state index < -0.39 is 0 Å². The van der Waals surface area contributed by atoms with E-state index in [0.29, 0.717) is 12.6 Å². The molecular weight excluding hydrogens is 224 g/mol. The number of para-hydroxylation sites is 1. The number of hydrogen-bond donors (Lipinski definition) is 1. The highest BCUT2D eigenvalue weighted by Gasteiger charge is 2.06. The third-order valence-electron chi connectivity index (χ3n) is 3.10. The SMILES string of the molecule is CCCNC(C)Cn1c(=O)ccc2ccccc21. The lowest BCUT2D eigenvalue weighted by molar-refractivity contribution is 0.478. The maximum atomic E-state index is 12.0. The fourth-order valence-corrected chi connectivity index (χ4v) is 2.16. The van der Waals surface area contributed by atoms with Crippen molar-refractivity contribution in [3.05, 3.63) is 46.8 Å². The molecule has 1 aromatic heterocycles. The molecular formula is C15H20N2O. The van der Waals surface area contributed by atoms with E-state index in [-0.39, 0.29) is 5.56 Å². The van der Waals surface area contributed by atoms with E-state index in [4.69, 9.17) is 0 Å². The van der Waals surface area contributed by atoms with Crippen LogP contribution in [0.4, 0.5) is 0 Å². The van der Waals surface area contributed by atoms with E-state index >= 15 is 0 Å². The predicted molar refractivity (Wildman–Crippen MR) is 76.0 cm³/mol. The largest absolute Gasteiger partial charge is 0.312 e. The number of pyridine rings is 1. The molecule has 0 radical (unpaired) electrons. The van der Waals surface area contributed by atoms with Gasteiger partial charge in [0.15, 0.2) is 0 Å². The van der Waals surface area contributed by atoms with Crippen LogP contribution in [0.2, 0.25) is 0 Å². The first-order valence-electron chi connectivity index (χ1n) is 6.54. The standard InChI is InChI=1S/C15H20N2O/c1-3-10-16-12(2)11-17-14-7-5-4-6-13(14)8-9-15(17)18/h4-9,12,16H,3,10-11H2,1-2H3. The van der Waals surface area contributed by atoms with Crippen molar-refractivity contribution in [2.75, 3.05) is 6.54 Å². The zero-order valence-electron chi connectivity index (χ0n) is 11.0. The molecule has 0 amide bonds. The second-order valence-corrected chi connectivity index (χ2v) is 4.70. The summed E-state index contributed by atoms with van der Waals surface area (Å²) in [5.41, 5.74) is 1.08. The lowest BCUT2D eigenvalue weighted by Gasteiger charge is -2.16. The molecule has 96 valence electrons. The summed E-state index contributed by atoms with van der Waals surface area (Å²) in [6.07, 6.45) is 1.11. The molecule has 1 N–H and O–H groups in total. The number of nitrogens with one attached hydrogen (secondary N) is 1. The molecule has 3 heteroatoms. The third-order valence-corrected chi connectivity index (χ3v) is 3.10. The van der Waals surface area contributed by atoms with Crippen LogP contribution < -0.4 is 10.9 Å². The third kappa shape index (κ3) is 2.79. The second kappa shape index (κ2) is 5.83. The maximum Gasteiger partial charge on any atom is 0.251 e. The Hall–Kier alpha value is -1.61. The van der Waals surface area contributed by atoms with Crippen LogP contribution >= 0.6 is 0 Å². The summed E-state index contributed by atoms with van der Waals surface area (Å²) in [4.78, 5) is 12.0. The van der Waals surface area contributed by atoms with Gasteiger partial charge in [-0.25, -0.2) is 0 Å². The average molecular weight is 244 g/mol. The van der Waals surface area contributed by atoms with Gasteiger partial charge in [0.05, 0.1) is 5.52 Å². The number of aromatic nitrogens is 1. The molecule has 1 atom stereocenters. The Kier molecular flexibility index (Phi) is 4.15. The van der Waals surface area contributed by atoms with Crippen LogP contribution in [0.1, 0.15) is 20.3 Å². The van der Waals surface area contributed by atoms with Crippen LogP contribution in [0, 0.1) is 0 Å². The molecule has 18 heavy (non-hydrogen) atoms. The van der Waals surface area contributed by atoms with Crippen LogP contribution in [0.25, 0.3) is 10.9 Å². The number of benzene rings is 1. The fraction of sp³-hybridized carbons (Fsp3) is 0.400. The minimum absolute atomic E-state index is 0.0684. The number of hydrogen-bond acceptors (Lipinski definition) is 2. The Labute approximate surface area is 107 Å². The van der Waals surface area contributed by atoms with Crippen molar-refractivity contribution in [1.29, 1.82) is 0 Å². The fourth-order valence-electron chi connectivity index (χ4n) is 2.16. The first-order valence-corrected chi connectivity index (χ1v) is 6.54. The molecule has 0 fully saturated rings. The maximum absolute atomic E-state index is 12.0. The summed E-state index contributed by atoms with van der Waals surface area (Å²) in [7, 11) is 0. The molecule has 0 saturated carbocycles. The highest BCUT2D eigenvalue weighted by molar-refractivity contribution is 5.78. The molecule has 0 aliphatic heterocycles. The van der Waals surface area contributed by atoms with Crippen molar-refractivity contribution < 1.29 is 0 Å². The van der Waals surface area contributed by atoms with Crippen molar-refractivity contribution in [3.8, 4) is 0 Å². The van der Waals surface area contributed by atoms with E-state index in [2.05, 4.69) is 19.2 Å².